The van der Waals surface area contributed by atoms with Crippen molar-refractivity contribution >= 4 is 11.6 Å². The lowest BCUT2D eigenvalue weighted by molar-refractivity contribution is -0.171. The average molecular weight is 330 g/mol. The van der Waals surface area contributed by atoms with Gasteiger partial charge in [0.1, 0.15) is 12.4 Å². The Hall–Kier alpha value is -1.75. The average Bonchev–Trinajstić information content (AvgIpc) is 3.13. The van der Waals surface area contributed by atoms with Gasteiger partial charge in [0, 0.05) is 24.8 Å². The molecule has 0 unspecified atom stereocenters. The van der Waals surface area contributed by atoms with E-state index in [0.717, 1.165) is 51.0 Å². The van der Waals surface area contributed by atoms with Crippen LogP contribution in [0.15, 0.2) is 24.3 Å². The highest BCUT2D eigenvalue weighted by molar-refractivity contribution is 5.78. The molecular formula is C19H26N2O3. The molecule has 1 aromatic carbocycles. The number of morpholine rings is 1. The Balaban J connectivity index is 1.42. The number of piperidine rings is 1. The van der Waals surface area contributed by atoms with Crippen molar-refractivity contribution in [1.29, 1.82) is 0 Å². The zero-order valence-electron chi connectivity index (χ0n) is 14.1. The second-order valence-corrected chi connectivity index (χ2v) is 7.44. The first kappa shape index (κ1) is 15.8. The number of amides is 1. The molecular weight excluding hydrogens is 304 g/mol. The highest BCUT2D eigenvalue weighted by Crippen LogP contribution is 2.35. The van der Waals surface area contributed by atoms with Gasteiger partial charge < -0.3 is 19.6 Å². The summed E-state index contributed by atoms with van der Waals surface area (Å²) >= 11 is 0. The Morgan fingerprint density at radius 3 is 2.42 bits per heavy atom. The molecule has 1 aromatic rings. The largest absolute Gasteiger partial charge is 0.508 e. The summed E-state index contributed by atoms with van der Waals surface area (Å²) in [5, 5.41) is 9.44. The first-order chi connectivity index (χ1) is 11.7. The first-order valence-electron chi connectivity index (χ1n) is 9.13. The maximum Gasteiger partial charge on any atom is 0.248 e. The molecule has 130 valence electrons. The molecule has 1 amide bonds. The Morgan fingerprint density at radius 1 is 1.08 bits per heavy atom. The quantitative estimate of drug-likeness (QED) is 0.905. The molecule has 2 heterocycles. The van der Waals surface area contributed by atoms with Crippen LogP contribution in [0.1, 0.15) is 38.5 Å². The zero-order valence-corrected chi connectivity index (χ0v) is 14.1. The molecule has 0 atom stereocenters. The third-order valence-corrected chi connectivity index (χ3v) is 5.94. The van der Waals surface area contributed by atoms with Gasteiger partial charge in [-0.2, -0.15) is 0 Å². The summed E-state index contributed by atoms with van der Waals surface area (Å²) in [7, 11) is 0. The number of phenols is 1. The van der Waals surface area contributed by atoms with E-state index in [0.29, 0.717) is 11.8 Å². The summed E-state index contributed by atoms with van der Waals surface area (Å²) in [5.41, 5.74) is 0.978. The van der Waals surface area contributed by atoms with E-state index in [-0.39, 0.29) is 18.1 Å². The number of phenolic OH excluding ortho intramolecular Hbond substituents is 1. The highest BCUT2D eigenvalue weighted by atomic mass is 16.5. The standard InChI is InChI=1S/C19H26N2O3/c22-17-7-5-15(6-8-17)20-11-9-19(10-12-20)14-21(18(23)13-24-19)16-3-1-2-4-16/h5-8,16,22H,1-4,9-14H2. The minimum atomic E-state index is -0.163. The summed E-state index contributed by atoms with van der Waals surface area (Å²) in [6, 6.07) is 7.83. The van der Waals surface area contributed by atoms with E-state index in [2.05, 4.69) is 9.80 Å². The van der Waals surface area contributed by atoms with Gasteiger partial charge in [-0.3, -0.25) is 4.79 Å². The number of nitrogens with zero attached hydrogens (tertiary/aromatic N) is 2. The van der Waals surface area contributed by atoms with E-state index in [9.17, 15) is 9.90 Å². The van der Waals surface area contributed by atoms with Gasteiger partial charge in [0.25, 0.3) is 0 Å². The summed E-state index contributed by atoms with van der Waals surface area (Å²) in [6.07, 6.45) is 6.70. The van der Waals surface area contributed by atoms with E-state index in [1.807, 2.05) is 12.1 Å². The van der Waals surface area contributed by atoms with Gasteiger partial charge in [0.05, 0.1) is 12.1 Å². The van der Waals surface area contributed by atoms with E-state index < -0.39 is 0 Å². The zero-order chi connectivity index (χ0) is 16.6. The van der Waals surface area contributed by atoms with Crippen molar-refractivity contribution in [3.8, 4) is 5.75 Å². The molecule has 0 radical (unpaired) electrons. The molecule has 4 rings (SSSR count). The molecule has 24 heavy (non-hydrogen) atoms. The van der Waals surface area contributed by atoms with Crippen LogP contribution in [-0.2, 0) is 9.53 Å². The van der Waals surface area contributed by atoms with Gasteiger partial charge in [-0.15, -0.1) is 0 Å². The molecule has 1 aliphatic carbocycles. The lowest BCUT2D eigenvalue weighted by Gasteiger charge is -2.49. The van der Waals surface area contributed by atoms with Crippen molar-refractivity contribution in [2.45, 2.75) is 50.2 Å². The fourth-order valence-corrected chi connectivity index (χ4v) is 4.43. The highest BCUT2D eigenvalue weighted by Gasteiger charge is 2.44. The summed E-state index contributed by atoms with van der Waals surface area (Å²) < 4.78 is 6.05. The number of benzene rings is 1. The summed E-state index contributed by atoms with van der Waals surface area (Å²) in [4.78, 5) is 16.7. The number of rotatable bonds is 2. The molecule has 1 spiro atoms. The van der Waals surface area contributed by atoms with E-state index in [1.54, 1.807) is 12.1 Å². The molecule has 3 aliphatic rings. The van der Waals surface area contributed by atoms with Crippen molar-refractivity contribution in [2.75, 3.05) is 31.1 Å². The van der Waals surface area contributed by atoms with Crippen LogP contribution in [0.4, 0.5) is 5.69 Å². The van der Waals surface area contributed by atoms with Gasteiger partial charge in [0.15, 0.2) is 0 Å². The fourth-order valence-electron chi connectivity index (χ4n) is 4.43. The summed E-state index contributed by atoms with van der Waals surface area (Å²) in [5.74, 6) is 0.474. The number of hydrogen-bond donors (Lipinski definition) is 1. The lowest BCUT2D eigenvalue weighted by atomic mass is 9.88. The maximum atomic E-state index is 12.3. The Kier molecular flexibility index (Phi) is 4.12. The van der Waals surface area contributed by atoms with E-state index in [1.165, 1.54) is 12.8 Å². The van der Waals surface area contributed by atoms with E-state index in [4.69, 9.17) is 4.74 Å². The smallest absolute Gasteiger partial charge is 0.248 e. The predicted molar refractivity (Wildman–Crippen MR) is 92.2 cm³/mol. The predicted octanol–water partition coefficient (Wildman–Crippen LogP) is 2.53. The lowest BCUT2D eigenvalue weighted by Crippen LogP contribution is -2.60. The van der Waals surface area contributed by atoms with Crippen molar-refractivity contribution in [3.05, 3.63) is 24.3 Å². The Labute approximate surface area is 143 Å². The van der Waals surface area contributed by atoms with Crippen molar-refractivity contribution in [3.63, 3.8) is 0 Å². The normalized spacial score (nSPS) is 24.8. The van der Waals surface area contributed by atoms with Gasteiger partial charge in [-0.1, -0.05) is 12.8 Å². The number of anilines is 1. The van der Waals surface area contributed by atoms with Crippen LogP contribution in [0.25, 0.3) is 0 Å². The molecule has 1 N–H and O–H groups in total. The van der Waals surface area contributed by atoms with Crippen LogP contribution in [0, 0.1) is 0 Å². The molecule has 0 bridgehead atoms. The van der Waals surface area contributed by atoms with Gasteiger partial charge in [-0.25, -0.2) is 0 Å². The Bertz CT molecular complexity index is 587. The summed E-state index contributed by atoms with van der Waals surface area (Å²) in [6.45, 7) is 2.87. The van der Waals surface area contributed by atoms with Crippen LogP contribution in [0.3, 0.4) is 0 Å². The van der Waals surface area contributed by atoms with Crippen LogP contribution in [-0.4, -0.2) is 53.8 Å². The van der Waals surface area contributed by atoms with Crippen LogP contribution < -0.4 is 4.90 Å². The van der Waals surface area contributed by atoms with Crippen LogP contribution in [0.5, 0.6) is 5.75 Å². The van der Waals surface area contributed by atoms with Crippen molar-refractivity contribution in [1.82, 2.24) is 4.90 Å². The molecule has 0 aromatic heterocycles. The third-order valence-electron chi connectivity index (χ3n) is 5.94. The first-order valence-corrected chi connectivity index (χ1v) is 9.13. The molecule has 5 heteroatoms. The number of ether oxygens (including phenoxy) is 1. The van der Waals surface area contributed by atoms with Gasteiger partial charge >= 0.3 is 0 Å². The van der Waals surface area contributed by atoms with Crippen LogP contribution >= 0.6 is 0 Å². The van der Waals surface area contributed by atoms with Gasteiger partial charge in [-0.05, 0) is 49.9 Å². The fraction of sp³-hybridized carbons (Fsp3) is 0.632. The molecule has 2 saturated heterocycles. The molecule has 1 saturated carbocycles. The minimum Gasteiger partial charge on any atom is -0.508 e. The number of carbonyl (C=O) groups is 1. The monoisotopic (exact) mass is 330 g/mol. The third kappa shape index (κ3) is 2.97. The molecule has 2 aliphatic heterocycles. The maximum absolute atomic E-state index is 12.3. The number of hydrogen-bond acceptors (Lipinski definition) is 4. The van der Waals surface area contributed by atoms with Gasteiger partial charge in [0.2, 0.25) is 5.91 Å². The second-order valence-electron chi connectivity index (χ2n) is 7.44. The topological polar surface area (TPSA) is 53.0 Å². The number of aromatic hydroxyl groups is 1. The van der Waals surface area contributed by atoms with Crippen molar-refractivity contribution < 1.29 is 14.6 Å². The van der Waals surface area contributed by atoms with Crippen LogP contribution in [0.2, 0.25) is 0 Å². The van der Waals surface area contributed by atoms with E-state index >= 15 is 0 Å². The molecule has 5 nitrogen and oxygen atoms in total. The van der Waals surface area contributed by atoms with Crippen molar-refractivity contribution in [2.24, 2.45) is 0 Å². The number of carbonyl (C=O) groups excluding carboxylic acids is 1. The minimum absolute atomic E-state index is 0.163. The Morgan fingerprint density at radius 2 is 1.75 bits per heavy atom. The molecule has 3 fully saturated rings. The second kappa shape index (κ2) is 6.28. The SMILES string of the molecule is O=C1COC2(CCN(c3ccc(O)cc3)CC2)CN1C1CCCC1.